The Labute approximate surface area is 95.3 Å². The van der Waals surface area contributed by atoms with Gasteiger partial charge in [0.15, 0.2) is 0 Å². The largest absolute Gasteiger partial charge is 0.492 e. The Balaban J connectivity index is 2.79. The van der Waals surface area contributed by atoms with Crippen molar-refractivity contribution in [3.63, 3.8) is 0 Å². The van der Waals surface area contributed by atoms with Crippen molar-refractivity contribution in [2.75, 3.05) is 18.9 Å². The molecule has 0 spiro atoms. The highest BCUT2D eigenvalue weighted by Gasteiger charge is 2.18. The van der Waals surface area contributed by atoms with Crippen molar-refractivity contribution in [1.82, 2.24) is 0 Å². The van der Waals surface area contributed by atoms with Crippen LogP contribution in [0.15, 0.2) is 18.2 Å². The second-order valence-corrected chi connectivity index (χ2v) is 4.48. The first-order chi connectivity index (χ1) is 7.48. The summed E-state index contributed by atoms with van der Waals surface area (Å²) in [5, 5.41) is 18.0. The van der Waals surface area contributed by atoms with Crippen LogP contribution in [0, 0.1) is 16.7 Å². The number of rotatable bonds is 4. The minimum atomic E-state index is -0.325. The number of aliphatic hydroxyl groups is 1. The second-order valence-electron chi connectivity index (χ2n) is 4.48. The van der Waals surface area contributed by atoms with Gasteiger partial charge in [0.05, 0.1) is 18.8 Å². The fourth-order valence-corrected chi connectivity index (χ4v) is 1.08. The van der Waals surface area contributed by atoms with Gasteiger partial charge in [-0.3, -0.25) is 0 Å². The van der Waals surface area contributed by atoms with Crippen LogP contribution < -0.4 is 10.5 Å². The molecule has 4 nitrogen and oxygen atoms in total. The summed E-state index contributed by atoms with van der Waals surface area (Å²) in [5.74, 6) is 0.498. The normalized spacial score (nSPS) is 10.9. The van der Waals surface area contributed by atoms with Crippen LogP contribution >= 0.6 is 0 Å². The zero-order valence-electron chi connectivity index (χ0n) is 9.53. The monoisotopic (exact) mass is 220 g/mol. The van der Waals surface area contributed by atoms with Gasteiger partial charge >= 0.3 is 0 Å². The molecule has 0 radical (unpaired) electrons. The maximum absolute atomic E-state index is 9.08. The number of nitrogen functional groups attached to an aromatic ring is 1. The topological polar surface area (TPSA) is 79.3 Å². The molecule has 0 aliphatic heterocycles. The van der Waals surface area contributed by atoms with E-state index in [1.165, 1.54) is 0 Å². The van der Waals surface area contributed by atoms with Crippen LogP contribution in [-0.4, -0.2) is 18.3 Å². The van der Waals surface area contributed by atoms with Gasteiger partial charge in [-0.1, -0.05) is 13.8 Å². The molecular weight excluding hydrogens is 204 g/mol. The number of nitrogens with zero attached hydrogens (tertiary/aromatic N) is 1. The number of benzene rings is 1. The average Bonchev–Trinajstić information content (AvgIpc) is 2.27. The van der Waals surface area contributed by atoms with Crippen molar-refractivity contribution >= 4 is 5.69 Å². The number of hydrogen-bond acceptors (Lipinski definition) is 4. The summed E-state index contributed by atoms with van der Waals surface area (Å²) in [6.07, 6.45) is 0. The predicted octanol–water partition coefficient (Wildman–Crippen LogP) is 1.54. The molecule has 1 aromatic carbocycles. The molecule has 3 N–H and O–H groups in total. The summed E-state index contributed by atoms with van der Waals surface area (Å²) in [5.41, 5.74) is 6.18. The number of nitrogens with two attached hydrogens (primary N) is 1. The molecule has 0 saturated heterocycles. The van der Waals surface area contributed by atoms with E-state index in [2.05, 4.69) is 0 Å². The molecule has 0 heterocycles. The van der Waals surface area contributed by atoms with Crippen LogP contribution in [-0.2, 0) is 0 Å². The van der Waals surface area contributed by atoms with E-state index in [0.717, 1.165) is 0 Å². The minimum absolute atomic E-state index is 0.0316. The highest BCUT2D eigenvalue weighted by molar-refractivity contribution is 5.53. The number of anilines is 1. The van der Waals surface area contributed by atoms with Gasteiger partial charge in [0.2, 0.25) is 0 Å². The first kappa shape index (κ1) is 12.3. The van der Waals surface area contributed by atoms with Gasteiger partial charge in [-0.25, -0.2) is 0 Å². The standard InChI is InChI=1S/C12H16N2O2/c1-12(2,7-15)8-16-11-4-3-10(14)5-9(11)6-13/h3-5,15H,7-8,14H2,1-2H3. The zero-order valence-corrected chi connectivity index (χ0v) is 9.53. The van der Waals surface area contributed by atoms with Crippen molar-refractivity contribution in [3.8, 4) is 11.8 Å². The van der Waals surface area contributed by atoms with Crippen LogP contribution in [0.1, 0.15) is 19.4 Å². The number of hydrogen-bond donors (Lipinski definition) is 2. The van der Waals surface area contributed by atoms with E-state index in [1.807, 2.05) is 19.9 Å². The maximum atomic E-state index is 9.08. The number of ether oxygens (including phenoxy) is 1. The van der Waals surface area contributed by atoms with Crippen molar-refractivity contribution in [2.45, 2.75) is 13.8 Å². The van der Waals surface area contributed by atoms with E-state index >= 15 is 0 Å². The van der Waals surface area contributed by atoms with E-state index in [1.54, 1.807) is 18.2 Å². The third kappa shape index (κ3) is 3.14. The van der Waals surface area contributed by atoms with Crippen LogP contribution in [0.5, 0.6) is 5.75 Å². The quantitative estimate of drug-likeness (QED) is 0.754. The molecule has 0 unspecified atom stereocenters. The fraction of sp³-hybridized carbons (Fsp3) is 0.417. The zero-order chi connectivity index (χ0) is 12.2. The number of nitriles is 1. The molecule has 0 bridgehead atoms. The lowest BCUT2D eigenvalue weighted by Crippen LogP contribution is -2.25. The molecule has 0 atom stereocenters. The Morgan fingerprint density at radius 1 is 1.50 bits per heavy atom. The SMILES string of the molecule is CC(C)(CO)COc1ccc(N)cc1C#N. The summed E-state index contributed by atoms with van der Waals surface area (Å²) in [6, 6.07) is 6.94. The Morgan fingerprint density at radius 2 is 2.19 bits per heavy atom. The summed E-state index contributed by atoms with van der Waals surface area (Å²) >= 11 is 0. The molecule has 1 aromatic rings. The van der Waals surface area contributed by atoms with Crippen LogP contribution in [0.4, 0.5) is 5.69 Å². The summed E-state index contributed by atoms with van der Waals surface area (Å²) in [6.45, 7) is 4.15. The molecule has 86 valence electrons. The van der Waals surface area contributed by atoms with Crippen LogP contribution in [0.2, 0.25) is 0 Å². The second kappa shape index (κ2) is 4.86. The maximum Gasteiger partial charge on any atom is 0.137 e. The first-order valence-corrected chi connectivity index (χ1v) is 5.02. The average molecular weight is 220 g/mol. The van der Waals surface area contributed by atoms with E-state index in [0.29, 0.717) is 23.6 Å². The fourth-order valence-electron chi connectivity index (χ4n) is 1.08. The summed E-state index contributed by atoms with van der Waals surface area (Å²) in [7, 11) is 0. The Hall–Kier alpha value is -1.73. The van der Waals surface area contributed by atoms with Gasteiger partial charge in [-0.15, -0.1) is 0 Å². The molecule has 0 aromatic heterocycles. The lowest BCUT2D eigenvalue weighted by molar-refractivity contribution is 0.0974. The van der Waals surface area contributed by atoms with Gasteiger partial charge in [0.1, 0.15) is 11.8 Å². The third-order valence-electron chi connectivity index (χ3n) is 2.17. The molecule has 0 aliphatic rings. The lowest BCUT2D eigenvalue weighted by atomic mass is 9.96. The van der Waals surface area contributed by atoms with E-state index < -0.39 is 0 Å². The molecule has 0 saturated carbocycles. The van der Waals surface area contributed by atoms with Crippen LogP contribution in [0.25, 0.3) is 0 Å². The first-order valence-electron chi connectivity index (χ1n) is 5.02. The van der Waals surface area contributed by atoms with E-state index in [9.17, 15) is 0 Å². The highest BCUT2D eigenvalue weighted by atomic mass is 16.5. The molecular formula is C12H16N2O2. The van der Waals surface area contributed by atoms with Gasteiger partial charge in [0.25, 0.3) is 0 Å². The molecule has 0 fully saturated rings. The predicted molar refractivity (Wildman–Crippen MR) is 61.9 cm³/mol. The summed E-state index contributed by atoms with van der Waals surface area (Å²) in [4.78, 5) is 0. The van der Waals surface area contributed by atoms with Gasteiger partial charge < -0.3 is 15.6 Å². The Bertz CT molecular complexity index is 408. The van der Waals surface area contributed by atoms with Gasteiger partial charge in [-0.05, 0) is 18.2 Å². The smallest absolute Gasteiger partial charge is 0.137 e. The van der Waals surface area contributed by atoms with E-state index in [4.69, 9.17) is 20.8 Å². The minimum Gasteiger partial charge on any atom is -0.492 e. The molecule has 0 aliphatic carbocycles. The van der Waals surface area contributed by atoms with Gasteiger partial charge in [-0.2, -0.15) is 5.26 Å². The molecule has 1 rings (SSSR count). The van der Waals surface area contributed by atoms with Crippen LogP contribution in [0.3, 0.4) is 0 Å². The molecule has 0 amide bonds. The highest BCUT2D eigenvalue weighted by Crippen LogP contribution is 2.23. The third-order valence-corrected chi connectivity index (χ3v) is 2.17. The number of aliphatic hydroxyl groups excluding tert-OH is 1. The molecule has 4 heteroatoms. The van der Waals surface area contributed by atoms with Crippen molar-refractivity contribution < 1.29 is 9.84 Å². The molecule has 16 heavy (non-hydrogen) atoms. The van der Waals surface area contributed by atoms with Crippen molar-refractivity contribution in [1.29, 1.82) is 5.26 Å². The van der Waals surface area contributed by atoms with Gasteiger partial charge in [0, 0.05) is 11.1 Å². The lowest BCUT2D eigenvalue weighted by Gasteiger charge is -2.22. The van der Waals surface area contributed by atoms with E-state index in [-0.39, 0.29) is 12.0 Å². The Morgan fingerprint density at radius 3 is 2.75 bits per heavy atom. The van der Waals surface area contributed by atoms with Crippen molar-refractivity contribution in [2.24, 2.45) is 5.41 Å². The summed E-state index contributed by atoms with van der Waals surface area (Å²) < 4.78 is 5.50. The van der Waals surface area contributed by atoms with Crippen molar-refractivity contribution in [3.05, 3.63) is 23.8 Å². The Kier molecular flexibility index (Phi) is 3.75.